The standard InChI is InChI=1S/C17H23NO/c18-17(10-6-13-4-1-2-5-15(13)17)14-7-11-19-16(12-14)8-3-9-16/h1-2,4-5,14H,3,6-12,18H2. The molecule has 2 nitrogen and oxygen atoms in total. The molecule has 0 aromatic heterocycles. The Labute approximate surface area is 115 Å². The van der Waals surface area contributed by atoms with Gasteiger partial charge in [0, 0.05) is 12.1 Å². The third-order valence-electron chi connectivity index (χ3n) is 5.81. The van der Waals surface area contributed by atoms with Crippen molar-refractivity contribution in [2.45, 2.75) is 56.1 Å². The largest absolute Gasteiger partial charge is 0.375 e. The van der Waals surface area contributed by atoms with Crippen molar-refractivity contribution in [1.82, 2.24) is 0 Å². The van der Waals surface area contributed by atoms with Gasteiger partial charge in [-0.05, 0) is 62.0 Å². The molecule has 1 aromatic rings. The van der Waals surface area contributed by atoms with E-state index < -0.39 is 0 Å². The number of aryl methyl sites for hydroxylation is 1. The van der Waals surface area contributed by atoms with Crippen molar-refractivity contribution in [1.29, 1.82) is 0 Å². The lowest BCUT2D eigenvalue weighted by Gasteiger charge is -2.51. The lowest BCUT2D eigenvalue weighted by atomic mass is 9.65. The highest BCUT2D eigenvalue weighted by Crippen LogP contribution is 2.51. The highest BCUT2D eigenvalue weighted by atomic mass is 16.5. The summed E-state index contributed by atoms with van der Waals surface area (Å²) in [6.45, 7) is 0.909. The Bertz CT molecular complexity index is 494. The SMILES string of the molecule is NC1(C2CCOC3(CCC3)C2)CCc2ccccc21. The summed E-state index contributed by atoms with van der Waals surface area (Å²) in [5, 5.41) is 0. The maximum absolute atomic E-state index is 6.89. The van der Waals surface area contributed by atoms with Crippen LogP contribution in [0, 0.1) is 5.92 Å². The van der Waals surface area contributed by atoms with E-state index in [9.17, 15) is 0 Å². The minimum Gasteiger partial charge on any atom is -0.375 e. The van der Waals surface area contributed by atoms with Crippen LogP contribution in [0.25, 0.3) is 0 Å². The minimum atomic E-state index is -0.0943. The molecular formula is C17H23NO. The topological polar surface area (TPSA) is 35.2 Å². The van der Waals surface area contributed by atoms with Gasteiger partial charge in [0.2, 0.25) is 0 Å². The van der Waals surface area contributed by atoms with E-state index in [0.717, 1.165) is 25.9 Å². The molecule has 0 amide bonds. The molecule has 1 aromatic carbocycles. The predicted molar refractivity (Wildman–Crippen MR) is 75.9 cm³/mol. The molecule has 2 atom stereocenters. The number of nitrogens with two attached hydrogens (primary N) is 1. The Morgan fingerprint density at radius 3 is 2.79 bits per heavy atom. The predicted octanol–water partition coefficient (Wildman–Crippen LogP) is 3.14. The molecule has 3 aliphatic rings. The molecule has 2 N–H and O–H groups in total. The monoisotopic (exact) mass is 257 g/mol. The Hall–Kier alpha value is -0.860. The van der Waals surface area contributed by atoms with E-state index in [4.69, 9.17) is 10.5 Å². The van der Waals surface area contributed by atoms with Gasteiger partial charge in [-0.2, -0.15) is 0 Å². The van der Waals surface area contributed by atoms with Crippen molar-refractivity contribution in [2.24, 2.45) is 11.7 Å². The van der Waals surface area contributed by atoms with Crippen LogP contribution in [0.5, 0.6) is 0 Å². The average molecular weight is 257 g/mol. The van der Waals surface area contributed by atoms with Crippen molar-refractivity contribution >= 4 is 0 Å². The van der Waals surface area contributed by atoms with Gasteiger partial charge in [-0.15, -0.1) is 0 Å². The van der Waals surface area contributed by atoms with Crippen LogP contribution in [0.4, 0.5) is 0 Å². The smallest absolute Gasteiger partial charge is 0.0686 e. The normalized spacial score (nSPS) is 35.9. The summed E-state index contributed by atoms with van der Waals surface area (Å²) in [4.78, 5) is 0. The van der Waals surface area contributed by atoms with Gasteiger partial charge >= 0.3 is 0 Å². The van der Waals surface area contributed by atoms with Crippen LogP contribution in [0.2, 0.25) is 0 Å². The molecule has 1 saturated heterocycles. The molecule has 1 saturated carbocycles. The van der Waals surface area contributed by atoms with Crippen LogP contribution in [0.1, 0.15) is 49.7 Å². The van der Waals surface area contributed by atoms with E-state index in [1.807, 2.05) is 0 Å². The van der Waals surface area contributed by atoms with Gasteiger partial charge in [0.25, 0.3) is 0 Å². The number of benzene rings is 1. The Balaban J connectivity index is 1.65. The second-order valence-electron chi connectivity index (χ2n) is 6.77. The first-order valence-corrected chi connectivity index (χ1v) is 7.73. The van der Waals surface area contributed by atoms with Gasteiger partial charge < -0.3 is 10.5 Å². The molecule has 2 aliphatic carbocycles. The van der Waals surface area contributed by atoms with Gasteiger partial charge in [-0.1, -0.05) is 24.3 Å². The van der Waals surface area contributed by atoms with Crippen molar-refractivity contribution < 1.29 is 4.74 Å². The summed E-state index contributed by atoms with van der Waals surface area (Å²) in [7, 11) is 0. The number of ether oxygens (including phenoxy) is 1. The maximum atomic E-state index is 6.89. The zero-order chi connectivity index (χ0) is 12.9. The fourth-order valence-corrected chi connectivity index (χ4v) is 4.48. The molecule has 1 spiro atoms. The Morgan fingerprint density at radius 1 is 1.16 bits per heavy atom. The molecule has 1 aliphatic heterocycles. The minimum absolute atomic E-state index is 0.0943. The molecule has 19 heavy (non-hydrogen) atoms. The van der Waals surface area contributed by atoms with E-state index >= 15 is 0 Å². The fourth-order valence-electron chi connectivity index (χ4n) is 4.48. The van der Waals surface area contributed by atoms with Crippen molar-refractivity contribution in [3.63, 3.8) is 0 Å². The van der Waals surface area contributed by atoms with E-state index in [1.54, 1.807) is 0 Å². The molecule has 102 valence electrons. The van der Waals surface area contributed by atoms with E-state index in [-0.39, 0.29) is 11.1 Å². The zero-order valence-corrected chi connectivity index (χ0v) is 11.5. The van der Waals surface area contributed by atoms with E-state index in [2.05, 4.69) is 24.3 Å². The highest BCUT2D eigenvalue weighted by Gasteiger charge is 2.50. The highest BCUT2D eigenvalue weighted by molar-refractivity contribution is 5.39. The van der Waals surface area contributed by atoms with E-state index in [1.165, 1.54) is 36.8 Å². The van der Waals surface area contributed by atoms with Gasteiger partial charge in [0.05, 0.1) is 5.60 Å². The molecule has 4 rings (SSSR count). The molecule has 0 bridgehead atoms. The molecule has 0 radical (unpaired) electrons. The number of rotatable bonds is 1. The average Bonchev–Trinajstić information content (AvgIpc) is 2.77. The van der Waals surface area contributed by atoms with Crippen LogP contribution in [-0.2, 0) is 16.7 Å². The van der Waals surface area contributed by atoms with Crippen LogP contribution < -0.4 is 5.73 Å². The van der Waals surface area contributed by atoms with Crippen LogP contribution in [0.15, 0.2) is 24.3 Å². The van der Waals surface area contributed by atoms with Gasteiger partial charge in [0.15, 0.2) is 0 Å². The summed E-state index contributed by atoms with van der Waals surface area (Å²) in [6, 6.07) is 8.79. The summed E-state index contributed by atoms with van der Waals surface area (Å²) in [5.41, 5.74) is 9.88. The number of hydrogen-bond donors (Lipinski definition) is 1. The molecule has 2 heteroatoms. The van der Waals surface area contributed by atoms with Crippen molar-refractivity contribution in [3.8, 4) is 0 Å². The summed E-state index contributed by atoms with van der Waals surface area (Å²) < 4.78 is 6.07. The van der Waals surface area contributed by atoms with E-state index in [0.29, 0.717) is 5.92 Å². The third-order valence-corrected chi connectivity index (χ3v) is 5.81. The van der Waals surface area contributed by atoms with Crippen LogP contribution in [-0.4, -0.2) is 12.2 Å². The first-order valence-electron chi connectivity index (χ1n) is 7.73. The second-order valence-corrected chi connectivity index (χ2v) is 6.77. The number of fused-ring (bicyclic) bond motifs is 1. The second kappa shape index (κ2) is 4.07. The van der Waals surface area contributed by atoms with Crippen LogP contribution >= 0.6 is 0 Å². The molecule has 1 heterocycles. The maximum Gasteiger partial charge on any atom is 0.0686 e. The molecular weight excluding hydrogens is 234 g/mol. The van der Waals surface area contributed by atoms with Crippen molar-refractivity contribution in [3.05, 3.63) is 35.4 Å². The summed E-state index contributed by atoms with van der Waals surface area (Å²) in [5.74, 6) is 0.602. The summed E-state index contributed by atoms with van der Waals surface area (Å²) >= 11 is 0. The third kappa shape index (κ3) is 1.70. The lowest BCUT2D eigenvalue weighted by Crippen LogP contribution is -2.53. The molecule has 2 unspecified atom stereocenters. The summed E-state index contributed by atoms with van der Waals surface area (Å²) in [6.07, 6.45) is 8.41. The first kappa shape index (κ1) is 11.9. The Kier molecular flexibility index (Phi) is 2.55. The van der Waals surface area contributed by atoms with Gasteiger partial charge in [-0.25, -0.2) is 0 Å². The lowest BCUT2D eigenvalue weighted by molar-refractivity contribution is -0.152. The van der Waals surface area contributed by atoms with Crippen LogP contribution in [0.3, 0.4) is 0 Å². The first-order chi connectivity index (χ1) is 9.22. The Morgan fingerprint density at radius 2 is 2.00 bits per heavy atom. The fraction of sp³-hybridized carbons (Fsp3) is 0.647. The van der Waals surface area contributed by atoms with Gasteiger partial charge in [-0.3, -0.25) is 0 Å². The number of hydrogen-bond acceptors (Lipinski definition) is 2. The van der Waals surface area contributed by atoms with Crippen molar-refractivity contribution in [2.75, 3.05) is 6.61 Å². The quantitative estimate of drug-likeness (QED) is 0.839. The molecule has 2 fully saturated rings. The van der Waals surface area contributed by atoms with Gasteiger partial charge in [0.1, 0.15) is 0 Å². The zero-order valence-electron chi connectivity index (χ0n) is 11.5.